The Morgan fingerprint density at radius 2 is 2.12 bits per heavy atom. The highest BCUT2D eigenvalue weighted by atomic mass is 16.5. The van der Waals surface area contributed by atoms with Gasteiger partial charge in [0, 0.05) is 19.2 Å². The molecule has 132 valence electrons. The lowest BCUT2D eigenvalue weighted by Crippen LogP contribution is -2.44. The summed E-state index contributed by atoms with van der Waals surface area (Å²) >= 11 is 0. The number of amides is 2. The van der Waals surface area contributed by atoms with Crippen LogP contribution in [0.25, 0.3) is 0 Å². The molecule has 2 amide bonds. The van der Waals surface area contributed by atoms with E-state index in [0.29, 0.717) is 31.9 Å². The van der Waals surface area contributed by atoms with Crippen molar-refractivity contribution in [2.24, 2.45) is 5.92 Å². The Morgan fingerprint density at radius 1 is 1.28 bits per heavy atom. The summed E-state index contributed by atoms with van der Waals surface area (Å²) in [6.45, 7) is 1.48. The Bertz CT molecular complexity index is 688. The van der Waals surface area contributed by atoms with Crippen LogP contribution in [0.3, 0.4) is 0 Å². The van der Waals surface area contributed by atoms with Gasteiger partial charge in [-0.05, 0) is 25.0 Å². The number of ether oxygens (including phenoxy) is 1. The predicted molar refractivity (Wildman–Crippen MR) is 93.1 cm³/mol. The number of piperidine rings is 1. The number of likely N-dealkylation sites (tertiary alicyclic amines) is 1. The van der Waals surface area contributed by atoms with E-state index >= 15 is 0 Å². The van der Waals surface area contributed by atoms with Crippen LogP contribution in [0.2, 0.25) is 0 Å². The van der Waals surface area contributed by atoms with Gasteiger partial charge in [0.15, 0.2) is 0 Å². The topological polar surface area (TPSA) is 87.3 Å². The smallest absolute Gasteiger partial charge is 0.230 e. The van der Waals surface area contributed by atoms with Crippen molar-refractivity contribution < 1.29 is 14.3 Å². The van der Waals surface area contributed by atoms with Gasteiger partial charge < -0.3 is 15.0 Å². The Hall–Kier alpha value is -2.83. The van der Waals surface area contributed by atoms with E-state index in [0.717, 1.165) is 18.6 Å². The standard InChI is InChI=1S/C18H22N4O3/c23-17(9-12-25-15-6-2-1-3-7-15)22-11-4-5-14(13-22)18(24)20-16-8-10-19-21-16/h1-3,6-8,10,14H,4-5,9,11-13H2,(H2,19,20,21,24). The fourth-order valence-corrected chi connectivity index (χ4v) is 2.91. The van der Waals surface area contributed by atoms with E-state index in [9.17, 15) is 9.59 Å². The van der Waals surface area contributed by atoms with Crippen molar-refractivity contribution in [2.75, 3.05) is 25.0 Å². The van der Waals surface area contributed by atoms with E-state index < -0.39 is 0 Å². The Balaban J connectivity index is 1.45. The SMILES string of the molecule is O=C(Nc1ccn[nH]1)C1CCCN(C(=O)CCOc2ccccc2)C1. The van der Waals surface area contributed by atoms with Crippen molar-refractivity contribution in [2.45, 2.75) is 19.3 Å². The van der Waals surface area contributed by atoms with Gasteiger partial charge in [0.25, 0.3) is 0 Å². The average molecular weight is 342 g/mol. The van der Waals surface area contributed by atoms with Crippen LogP contribution in [0.15, 0.2) is 42.6 Å². The summed E-state index contributed by atoms with van der Waals surface area (Å²) in [4.78, 5) is 26.4. The van der Waals surface area contributed by atoms with Gasteiger partial charge in [0.05, 0.1) is 25.1 Å². The first-order valence-corrected chi connectivity index (χ1v) is 8.48. The van der Waals surface area contributed by atoms with Crippen LogP contribution in [0.5, 0.6) is 5.75 Å². The number of carbonyl (C=O) groups excluding carboxylic acids is 2. The molecule has 0 bridgehead atoms. The molecule has 0 aliphatic carbocycles. The van der Waals surface area contributed by atoms with Gasteiger partial charge in [-0.25, -0.2) is 0 Å². The first-order chi connectivity index (χ1) is 12.2. The first-order valence-electron chi connectivity index (χ1n) is 8.48. The summed E-state index contributed by atoms with van der Waals surface area (Å²) in [6.07, 6.45) is 3.50. The summed E-state index contributed by atoms with van der Waals surface area (Å²) in [7, 11) is 0. The molecule has 1 aliphatic rings. The zero-order chi connectivity index (χ0) is 17.5. The second-order valence-electron chi connectivity index (χ2n) is 6.05. The third-order valence-corrected chi connectivity index (χ3v) is 4.23. The summed E-state index contributed by atoms with van der Waals surface area (Å²) in [6, 6.07) is 11.1. The van der Waals surface area contributed by atoms with Crippen LogP contribution in [0.4, 0.5) is 5.82 Å². The normalized spacial score (nSPS) is 17.1. The number of benzene rings is 1. The van der Waals surface area contributed by atoms with Crippen molar-refractivity contribution in [3.8, 4) is 5.75 Å². The third kappa shape index (κ3) is 4.82. The minimum atomic E-state index is -0.198. The largest absolute Gasteiger partial charge is 0.493 e. The van der Waals surface area contributed by atoms with Crippen molar-refractivity contribution in [1.29, 1.82) is 0 Å². The monoisotopic (exact) mass is 342 g/mol. The minimum Gasteiger partial charge on any atom is -0.493 e. The molecule has 0 radical (unpaired) electrons. The summed E-state index contributed by atoms with van der Waals surface area (Å²) in [5.41, 5.74) is 0. The lowest BCUT2D eigenvalue weighted by atomic mass is 9.97. The Labute approximate surface area is 146 Å². The summed E-state index contributed by atoms with van der Waals surface area (Å²) in [5.74, 6) is 1.07. The molecule has 1 aliphatic heterocycles. The maximum Gasteiger partial charge on any atom is 0.230 e. The zero-order valence-electron chi connectivity index (χ0n) is 14.0. The molecule has 3 rings (SSSR count). The van der Waals surface area contributed by atoms with E-state index in [1.165, 1.54) is 0 Å². The molecule has 2 aromatic rings. The molecular weight excluding hydrogens is 320 g/mol. The highest BCUT2D eigenvalue weighted by molar-refractivity contribution is 5.92. The molecule has 7 nitrogen and oxygen atoms in total. The van der Waals surface area contributed by atoms with Gasteiger partial charge in [-0.2, -0.15) is 5.10 Å². The van der Waals surface area contributed by atoms with Gasteiger partial charge >= 0.3 is 0 Å². The highest BCUT2D eigenvalue weighted by Gasteiger charge is 2.28. The molecule has 25 heavy (non-hydrogen) atoms. The number of hydrogen-bond donors (Lipinski definition) is 2. The number of nitrogens with one attached hydrogen (secondary N) is 2. The second kappa shape index (κ2) is 8.32. The molecule has 2 heterocycles. The number of rotatable bonds is 6. The van der Waals surface area contributed by atoms with Crippen LogP contribution in [-0.2, 0) is 9.59 Å². The van der Waals surface area contributed by atoms with Crippen LogP contribution in [0.1, 0.15) is 19.3 Å². The average Bonchev–Trinajstić information content (AvgIpc) is 3.15. The number of carbonyl (C=O) groups is 2. The third-order valence-electron chi connectivity index (χ3n) is 4.23. The fourth-order valence-electron chi connectivity index (χ4n) is 2.91. The Morgan fingerprint density at radius 3 is 2.88 bits per heavy atom. The van der Waals surface area contributed by atoms with E-state index in [1.807, 2.05) is 30.3 Å². The number of aromatic nitrogens is 2. The zero-order valence-corrected chi connectivity index (χ0v) is 14.0. The Kier molecular flexibility index (Phi) is 5.66. The maximum atomic E-state index is 12.4. The molecule has 0 saturated carbocycles. The first kappa shape index (κ1) is 17.0. The number of aromatic amines is 1. The maximum absolute atomic E-state index is 12.4. The van der Waals surface area contributed by atoms with Gasteiger partial charge in [-0.3, -0.25) is 14.7 Å². The fraction of sp³-hybridized carbons (Fsp3) is 0.389. The molecular formula is C18H22N4O3. The number of para-hydroxylation sites is 1. The minimum absolute atomic E-state index is 0.0231. The van der Waals surface area contributed by atoms with E-state index in [-0.39, 0.29) is 17.7 Å². The molecule has 1 aromatic carbocycles. The van der Waals surface area contributed by atoms with E-state index in [1.54, 1.807) is 17.2 Å². The van der Waals surface area contributed by atoms with Crippen LogP contribution >= 0.6 is 0 Å². The van der Waals surface area contributed by atoms with E-state index in [4.69, 9.17) is 4.74 Å². The molecule has 7 heteroatoms. The van der Waals surface area contributed by atoms with Gasteiger partial charge in [-0.15, -0.1) is 0 Å². The number of H-pyrrole nitrogens is 1. The molecule has 2 N–H and O–H groups in total. The molecule has 1 unspecified atom stereocenters. The quantitative estimate of drug-likeness (QED) is 0.841. The number of hydrogen-bond acceptors (Lipinski definition) is 4. The summed E-state index contributed by atoms with van der Waals surface area (Å²) in [5, 5.41) is 9.31. The molecule has 1 aromatic heterocycles. The number of anilines is 1. The highest BCUT2D eigenvalue weighted by Crippen LogP contribution is 2.19. The van der Waals surface area contributed by atoms with Gasteiger partial charge in [0.2, 0.25) is 11.8 Å². The number of nitrogens with zero attached hydrogens (tertiary/aromatic N) is 2. The van der Waals surface area contributed by atoms with Gasteiger partial charge in [-0.1, -0.05) is 18.2 Å². The van der Waals surface area contributed by atoms with Crippen molar-refractivity contribution in [3.63, 3.8) is 0 Å². The van der Waals surface area contributed by atoms with Crippen LogP contribution < -0.4 is 10.1 Å². The summed E-state index contributed by atoms with van der Waals surface area (Å²) < 4.78 is 5.57. The molecule has 1 atom stereocenters. The second-order valence-corrected chi connectivity index (χ2v) is 6.05. The van der Waals surface area contributed by atoms with Gasteiger partial charge in [0.1, 0.15) is 11.6 Å². The molecule has 0 spiro atoms. The van der Waals surface area contributed by atoms with Crippen molar-refractivity contribution in [3.05, 3.63) is 42.6 Å². The van der Waals surface area contributed by atoms with Crippen molar-refractivity contribution in [1.82, 2.24) is 15.1 Å². The lowest BCUT2D eigenvalue weighted by molar-refractivity contribution is -0.135. The van der Waals surface area contributed by atoms with Crippen LogP contribution in [0, 0.1) is 5.92 Å². The van der Waals surface area contributed by atoms with Crippen LogP contribution in [-0.4, -0.2) is 46.6 Å². The lowest BCUT2D eigenvalue weighted by Gasteiger charge is -2.32. The predicted octanol–water partition coefficient (Wildman–Crippen LogP) is 2.06. The van der Waals surface area contributed by atoms with Crippen molar-refractivity contribution >= 4 is 17.6 Å². The van der Waals surface area contributed by atoms with E-state index in [2.05, 4.69) is 15.5 Å². The molecule has 1 saturated heterocycles. The molecule has 1 fully saturated rings.